The van der Waals surface area contributed by atoms with E-state index in [2.05, 4.69) is 5.16 Å². The van der Waals surface area contributed by atoms with Gasteiger partial charge in [0, 0.05) is 22.2 Å². The van der Waals surface area contributed by atoms with Crippen molar-refractivity contribution in [2.45, 2.75) is 6.92 Å². The minimum Gasteiger partial charge on any atom is -0.461 e. The molecule has 1 aromatic carbocycles. The zero-order chi connectivity index (χ0) is 12.5. The summed E-state index contributed by atoms with van der Waals surface area (Å²) in [6.45, 7) is 1.91. The summed E-state index contributed by atoms with van der Waals surface area (Å²) in [5.74, 6) is 1.61. The van der Waals surface area contributed by atoms with Crippen LogP contribution in [0.1, 0.15) is 5.76 Å². The summed E-state index contributed by atoms with van der Waals surface area (Å²) < 4.78 is 10.6. The Balaban J connectivity index is 2.05. The Kier molecular flexibility index (Phi) is 2.68. The molecule has 2 aromatic heterocycles. The molecule has 0 fully saturated rings. The van der Waals surface area contributed by atoms with Crippen LogP contribution in [0.4, 0.5) is 0 Å². The molecule has 90 valence electrons. The molecule has 0 aliphatic heterocycles. The van der Waals surface area contributed by atoms with Crippen molar-refractivity contribution in [3.8, 4) is 22.6 Å². The number of hydrogen-bond acceptors (Lipinski definition) is 3. The molecule has 3 rings (SSSR count). The van der Waals surface area contributed by atoms with Crippen LogP contribution in [0.25, 0.3) is 22.6 Å². The van der Waals surface area contributed by atoms with Crippen molar-refractivity contribution in [1.82, 2.24) is 5.16 Å². The first-order valence-corrected chi connectivity index (χ1v) is 5.89. The van der Waals surface area contributed by atoms with E-state index < -0.39 is 0 Å². The minimum atomic E-state index is 0.707. The number of benzene rings is 1. The number of halogens is 1. The van der Waals surface area contributed by atoms with Crippen molar-refractivity contribution >= 4 is 11.6 Å². The number of aryl methyl sites for hydroxylation is 1. The van der Waals surface area contributed by atoms with Crippen molar-refractivity contribution in [3.63, 3.8) is 0 Å². The summed E-state index contributed by atoms with van der Waals surface area (Å²) in [5, 5.41) is 4.62. The number of hydrogen-bond donors (Lipinski definition) is 0. The van der Waals surface area contributed by atoms with Gasteiger partial charge in [-0.1, -0.05) is 16.8 Å². The number of rotatable bonds is 2. The van der Waals surface area contributed by atoms with Gasteiger partial charge in [0.1, 0.15) is 23.5 Å². The summed E-state index contributed by atoms with van der Waals surface area (Å²) in [5.41, 5.74) is 2.70. The lowest BCUT2D eigenvalue weighted by Gasteiger charge is -1.95. The van der Waals surface area contributed by atoms with Crippen molar-refractivity contribution < 1.29 is 8.94 Å². The number of aromatic nitrogens is 1. The molecular weight excluding hydrogens is 250 g/mol. The number of nitrogens with zero attached hydrogens (tertiary/aromatic N) is 1. The molecule has 3 nitrogen and oxygen atoms in total. The van der Waals surface area contributed by atoms with Crippen LogP contribution in [0.15, 0.2) is 51.6 Å². The quantitative estimate of drug-likeness (QED) is 0.677. The lowest BCUT2D eigenvalue weighted by Crippen LogP contribution is -1.74. The van der Waals surface area contributed by atoms with E-state index in [-0.39, 0.29) is 0 Å². The van der Waals surface area contributed by atoms with Gasteiger partial charge in [-0.3, -0.25) is 0 Å². The van der Waals surface area contributed by atoms with Crippen LogP contribution in [0.2, 0.25) is 5.02 Å². The van der Waals surface area contributed by atoms with Gasteiger partial charge < -0.3 is 8.94 Å². The van der Waals surface area contributed by atoms with Gasteiger partial charge in [-0.15, -0.1) is 0 Å². The Hall–Kier alpha value is -2.00. The second-order valence-corrected chi connectivity index (χ2v) is 4.41. The van der Waals surface area contributed by atoms with E-state index in [1.807, 2.05) is 43.3 Å². The van der Waals surface area contributed by atoms with E-state index in [9.17, 15) is 0 Å². The summed E-state index contributed by atoms with van der Waals surface area (Å²) in [6.07, 6.45) is 1.55. The molecule has 2 heterocycles. The third-order valence-corrected chi connectivity index (χ3v) is 3.01. The summed E-state index contributed by atoms with van der Waals surface area (Å²) in [7, 11) is 0. The standard InChI is InChI=1S/C14H10ClNO2/c1-9-12(13-6-7-17-16-13)8-14(18-9)10-2-4-11(15)5-3-10/h2-8H,1H3. The SMILES string of the molecule is Cc1oc(-c2ccc(Cl)cc2)cc1-c1ccon1. The van der Waals surface area contributed by atoms with Gasteiger partial charge in [0.15, 0.2) is 0 Å². The average Bonchev–Trinajstić information content (AvgIpc) is 2.99. The highest BCUT2D eigenvalue weighted by atomic mass is 35.5. The van der Waals surface area contributed by atoms with Crippen molar-refractivity contribution in [2.75, 3.05) is 0 Å². The second kappa shape index (κ2) is 4.35. The van der Waals surface area contributed by atoms with Gasteiger partial charge in [0.25, 0.3) is 0 Å². The normalized spacial score (nSPS) is 10.8. The maximum absolute atomic E-state index is 5.86. The first-order chi connectivity index (χ1) is 8.74. The van der Waals surface area contributed by atoms with Crippen molar-refractivity contribution in [1.29, 1.82) is 0 Å². The third kappa shape index (κ3) is 1.93. The van der Waals surface area contributed by atoms with Crippen LogP contribution in [0, 0.1) is 6.92 Å². The van der Waals surface area contributed by atoms with Crippen LogP contribution < -0.4 is 0 Å². The average molecular weight is 260 g/mol. The Morgan fingerprint density at radius 1 is 1.11 bits per heavy atom. The molecule has 0 bridgehead atoms. The van der Waals surface area contributed by atoms with E-state index in [1.165, 1.54) is 0 Å². The fourth-order valence-electron chi connectivity index (χ4n) is 1.84. The van der Waals surface area contributed by atoms with Crippen molar-refractivity contribution in [3.05, 3.63) is 53.4 Å². The first-order valence-electron chi connectivity index (χ1n) is 5.51. The third-order valence-electron chi connectivity index (χ3n) is 2.76. The molecule has 0 saturated carbocycles. The smallest absolute Gasteiger partial charge is 0.134 e. The Labute approximate surface area is 109 Å². The van der Waals surface area contributed by atoms with Crippen LogP contribution >= 0.6 is 11.6 Å². The minimum absolute atomic E-state index is 0.707. The molecule has 0 radical (unpaired) electrons. The predicted octanol–water partition coefficient (Wildman–Crippen LogP) is 4.56. The topological polar surface area (TPSA) is 39.2 Å². The lowest BCUT2D eigenvalue weighted by atomic mass is 10.1. The lowest BCUT2D eigenvalue weighted by molar-refractivity contribution is 0.422. The highest BCUT2D eigenvalue weighted by Crippen LogP contribution is 2.31. The highest BCUT2D eigenvalue weighted by Gasteiger charge is 2.12. The van der Waals surface area contributed by atoms with Crippen molar-refractivity contribution in [2.24, 2.45) is 0 Å². The maximum Gasteiger partial charge on any atom is 0.134 e. The van der Waals surface area contributed by atoms with E-state index in [1.54, 1.807) is 6.26 Å². The van der Waals surface area contributed by atoms with Gasteiger partial charge in [0.05, 0.1) is 0 Å². The highest BCUT2D eigenvalue weighted by molar-refractivity contribution is 6.30. The largest absolute Gasteiger partial charge is 0.461 e. The Morgan fingerprint density at radius 3 is 2.56 bits per heavy atom. The second-order valence-electron chi connectivity index (χ2n) is 3.97. The van der Waals surface area contributed by atoms with Gasteiger partial charge in [0.2, 0.25) is 0 Å². The maximum atomic E-state index is 5.86. The molecule has 0 atom stereocenters. The molecule has 0 aliphatic rings. The van der Waals surface area contributed by atoms with E-state index in [0.717, 1.165) is 28.3 Å². The van der Waals surface area contributed by atoms with Gasteiger partial charge >= 0.3 is 0 Å². The van der Waals surface area contributed by atoms with Crippen LogP contribution in [-0.4, -0.2) is 5.16 Å². The molecule has 0 amide bonds. The molecule has 0 N–H and O–H groups in total. The zero-order valence-electron chi connectivity index (χ0n) is 9.68. The van der Waals surface area contributed by atoms with E-state index in [4.69, 9.17) is 20.5 Å². The molecule has 3 aromatic rings. The Morgan fingerprint density at radius 2 is 1.89 bits per heavy atom. The predicted molar refractivity (Wildman–Crippen MR) is 69.4 cm³/mol. The molecular formula is C14H10ClNO2. The summed E-state index contributed by atoms with van der Waals surface area (Å²) in [4.78, 5) is 0. The molecule has 0 aliphatic carbocycles. The fraction of sp³-hybridized carbons (Fsp3) is 0.0714. The van der Waals surface area contributed by atoms with Gasteiger partial charge in [-0.2, -0.15) is 0 Å². The summed E-state index contributed by atoms with van der Waals surface area (Å²) in [6, 6.07) is 11.3. The molecule has 0 spiro atoms. The summed E-state index contributed by atoms with van der Waals surface area (Å²) >= 11 is 5.86. The fourth-order valence-corrected chi connectivity index (χ4v) is 1.97. The molecule has 4 heteroatoms. The monoisotopic (exact) mass is 259 g/mol. The molecule has 0 saturated heterocycles. The van der Waals surface area contributed by atoms with Gasteiger partial charge in [-0.05, 0) is 37.3 Å². The molecule has 18 heavy (non-hydrogen) atoms. The molecule has 0 unspecified atom stereocenters. The van der Waals surface area contributed by atoms with Crippen LogP contribution in [0.3, 0.4) is 0 Å². The Bertz CT molecular complexity index is 654. The van der Waals surface area contributed by atoms with E-state index >= 15 is 0 Å². The van der Waals surface area contributed by atoms with Crippen LogP contribution in [-0.2, 0) is 0 Å². The number of furan rings is 1. The van der Waals surface area contributed by atoms with Gasteiger partial charge in [-0.25, -0.2) is 0 Å². The van der Waals surface area contributed by atoms with E-state index in [0.29, 0.717) is 5.02 Å². The zero-order valence-corrected chi connectivity index (χ0v) is 10.4. The first kappa shape index (κ1) is 11.1. The van der Waals surface area contributed by atoms with Crippen LogP contribution in [0.5, 0.6) is 0 Å².